The molecular weight excluding hydrogens is 405 g/mol. The van der Waals surface area contributed by atoms with Gasteiger partial charge in [-0.25, -0.2) is 0 Å². The van der Waals surface area contributed by atoms with Crippen LogP contribution in [0.4, 0.5) is 13.2 Å². The second-order valence-electron chi connectivity index (χ2n) is 7.70. The van der Waals surface area contributed by atoms with Crippen molar-refractivity contribution >= 4 is 10.8 Å². The minimum atomic E-state index is -4.35. The highest BCUT2D eigenvalue weighted by Crippen LogP contribution is 2.43. The van der Waals surface area contributed by atoms with Gasteiger partial charge < -0.3 is 0 Å². The molecule has 0 amide bonds. The summed E-state index contributed by atoms with van der Waals surface area (Å²) in [6.45, 7) is 0. The van der Waals surface area contributed by atoms with E-state index in [0.717, 1.165) is 56.3 Å². The van der Waals surface area contributed by atoms with Crippen molar-refractivity contribution in [2.45, 2.75) is 6.18 Å². The molecule has 156 valence electrons. The first-order chi connectivity index (χ1) is 15.5. The molecule has 3 heteroatoms. The lowest BCUT2D eigenvalue weighted by molar-refractivity contribution is -0.137. The Morgan fingerprint density at radius 3 is 1.53 bits per heavy atom. The van der Waals surface area contributed by atoms with Gasteiger partial charge in [-0.05, 0) is 62.4 Å². The van der Waals surface area contributed by atoms with Crippen LogP contribution in [0.1, 0.15) is 5.56 Å². The third kappa shape index (κ3) is 3.67. The molecule has 0 nitrogen and oxygen atoms in total. The number of hydrogen-bond donors (Lipinski definition) is 0. The Hall–Kier alpha value is -3.85. The summed E-state index contributed by atoms with van der Waals surface area (Å²) in [7, 11) is 0. The summed E-state index contributed by atoms with van der Waals surface area (Å²) in [5.74, 6) is 0. The lowest BCUT2D eigenvalue weighted by atomic mass is 9.85. The second-order valence-corrected chi connectivity index (χ2v) is 7.70. The molecule has 0 radical (unpaired) electrons. The van der Waals surface area contributed by atoms with Crippen LogP contribution in [0.25, 0.3) is 44.2 Å². The van der Waals surface area contributed by atoms with E-state index in [2.05, 4.69) is 36.4 Å². The van der Waals surface area contributed by atoms with Gasteiger partial charge >= 0.3 is 6.18 Å². The van der Waals surface area contributed by atoms with Crippen molar-refractivity contribution in [3.8, 4) is 33.4 Å². The van der Waals surface area contributed by atoms with E-state index in [-0.39, 0.29) is 0 Å². The molecule has 0 saturated carbocycles. The van der Waals surface area contributed by atoms with Crippen molar-refractivity contribution in [2.24, 2.45) is 0 Å². The molecule has 32 heavy (non-hydrogen) atoms. The Morgan fingerprint density at radius 1 is 0.438 bits per heavy atom. The van der Waals surface area contributed by atoms with E-state index in [1.807, 2.05) is 54.6 Å². The maximum Gasteiger partial charge on any atom is 0.416 e. The van der Waals surface area contributed by atoms with Gasteiger partial charge in [0.25, 0.3) is 0 Å². The minimum absolute atomic E-state index is 0.644. The van der Waals surface area contributed by atoms with Crippen molar-refractivity contribution in [2.75, 3.05) is 0 Å². The maximum absolute atomic E-state index is 13.1. The van der Waals surface area contributed by atoms with Crippen LogP contribution in [0.3, 0.4) is 0 Å². The zero-order valence-corrected chi connectivity index (χ0v) is 17.1. The Kier molecular flexibility index (Phi) is 5.02. The number of halogens is 3. The van der Waals surface area contributed by atoms with E-state index in [4.69, 9.17) is 0 Å². The number of rotatable bonds is 3. The zero-order valence-electron chi connectivity index (χ0n) is 17.1. The zero-order chi connectivity index (χ0) is 22.1. The van der Waals surface area contributed by atoms with Crippen LogP contribution in [0.2, 0.25) is 0 Å². The fourth-order valence-electron chi connectivity index (χ4n) is 4.21. The first kappa shape index (κ1) is 20.1. The second kappa shape index (κ2) is 8.01. The topological polar surface area (TPSA) is 0 Å². The van der Waals surface area contributed by atoms with Gasteiger partial charge in [0.05, 0.1) is 5.56 Å². The SMILES string of the molecule is FC(F)(F)c1ccc(-c2cc(-c3ccccc3)c(-c3ccccc3)c3ccccc23)cc1. The molecular formula is C29H19F3. The molecule has 0 unspecified atom stereocenters. The smallest absolute Gasteiger partial charge is 0.166 e. The van der Waals surface area contributed by atoms with Gasteiger partial charge in [0.15, 0.2) is 0 Å². The molecule has 0 bridgehead atoms. The van der Waals surface area contributed by atoms with E-state index in [0.29, 0.717) is 0 Å². The normalized spacial score (nSPS) is 11.6. The molecule has 0 aliphatic carbocycles. The van der Waals surface area contributed by atoms with E-state index in [1.54, 1.807) is 12.1 Å². The van der Waals surface area contributed by atoms with Gasteiger partial charge in [-0.15, -0.1) is 0 Å². The highest BCUT2D eigenvalue weighted by atomic mass is 19.4. The maximum atomic E-state index is 13.1. The number of hydrogen-bond acceptors (Lipinski definition) is 0. The van der Waals surface area contributed by atoms with Crippen LogP contribution in [-0.4, -0.2) is 0 Å². The van der Waals surface area contributed by atoms with Gasteiger partial charge in [-0.1, -0.05) is 97.1 Å². The Labute approximate surface area is 184 Å². The summed E-state index contributed by atoms with van der Waals surface area (Å²) < 4.78 is 39.3. The molecule has 0 aliphatic heterocycles. The lowest BCUT2D eigenvalue weighted by Crippen LogP contribution is -2.04. The third-order valence-electron chi connectivity index (χ3n) is 5.72. The van der Waals surface area contributed by atoms with Crippen LogP contribution in [0.15, 0.2) is 115 Å². The average molecular weight is 424 g/mol. The monoisotopic (exact) mass is 424 g/mol. The van der Waals surface area contributed by atoms with Crippen LogP contribution < -0.4 is 0 Å². The predicted molar refractivity (Wildman–Crippen MR) is 125 cm³/mol. The Balaban J connectivity index is 1.83. The molecule has 0 aliphatic rings. The summed E-state index contributed by atoms with van der Waals surface area (Å²) in [5.41, 5.74) is 5.34. The molecule has 0 aromatic heterocycles. The van der Waals surface area contributed by atoms with E-state index in [1.165, 1.54) is 0 Å². The molecule has 5 rings (SSSR count). The first-order valence-corrected chi connectivity index (χ1v) is 10.4. The van der Waals surface area contributed by atoms with E-state index < -0.39 is 11.7 Å². The third-order valence-corrected chi connectivity index (χ3v) is 5.72. The highest BCUT2D eigenvalue weighted by molar-refractivity contribution is 6.10. The molecule has 0 heterocycles. The Bertz CT molecular complexity index is 1370. The number of alkyl halides is 3. The highest BCUT2D eigenvalue weighted by Gasteiger charge is 2.30. The van der Waals surface area contributed by atoms with E-state index in [9.17, 15) is 13.2 Å². The molecule has 0 spiro atoms. The molecule has 0 N–H and O–H groups in total. The molecule has 0 saturated heterocycles. The van der Waals surface area contributed by atoms with Crippen molar-refractivity contribution in [1.82, 2.24) is 0 Å². The van der Waals surface area contributed by atoms with E-state index >= 15 is 0 Å². The summed E-state index contributed by atoms with van der Waals surface area (Å²) in [4.78, 5) is 0. The van der Waals surface area contributed by atoms with Crippen LogP contribution >= 0.6 is 0 Å². The quantitative estimate of drug-likeness (QED) is 0.271. The number of fused-ring (bicyclic) bond motifs is 1. The molecule has 0 atom stereocenters. The van der Waals surface area contributed by atoms with Gasteiger partial charge in [-0.3, -0.25) is 0 Å². The summed E-state index contributed by atoms with van der Waals surface area (Å²) in [6, 6.07) is 35.9. The van der Waals surface area contributed by atoms with Gasteiger partial charge in [-0.2, -0.15) is 13.2 Å². The largest absolute Gasteiger partial charge is 0.416 e. The lowest BCUT2D eigenvalue weighted by Gasteiger charge is -2.18. The van der Waals surface area contributed by atoms with Gasteiger partial charge in [0, 0.05) is 0 Å². The summed E-state index contributed by atoms with van der Waals surface area (Å²) in [6.07, 6.45) is -4.35. The standard InChI is InChI=1S/C29H19F3/c30-29(31,32)23-17-15-21(16-18-23)26-19-27(20-9-3-1-4-10-20)28(22-11-5-2-6-12-22)25-14-8-7-13-24(25)26/h1-19H. The molecule has 0 fully saturated rings. The van der Waals surface area contributed by atoms with Crippen molar-refractivity contribution in [3.63, 3.8) is 0 Å². The van der Waals surface area contributed by atoms with Crippen LogP contribution in [0, 0.1) is 0 Å². The fourth-order valence-corrected chi connectivity index (χ4v) is 4.21. The van der Waals surface area contributed by atoms with Crippen LogP contribution in [-0.2, 0) is 6.18 Å². The van der Waals surface area contributed by atoms with Crippen molar-refractivity contribution in [1.29, 1.82) is 0 Å². The fraction of sp³-hybridized carbons (Fsp3) is 0.0345. The van der Waals surface area contributed by atoms with Crippen LogP contribution in [0.5, 0.6) is 0 Å². The van der Waals surface area contributed by atoms with Crippen molar-refractivity contribution in [3.05, 3.63) is 121 Å². The predicted octanol–water partition coefficient (Wildman–Crippen LogP) is 8.86. The van der Waals surface area contributed by atoms with Crippen molar-refractivity contribution < 1.29 is 13.2 Å². The molecule has 5 aromatic rings. The Morgan fingerprint density at radius 2 is 0.938 bits per heavy atom. The minimum Gasteiger partial charge on any atom is -0.166 e. The average Bonchev–Trinajstić information content (AvgIpc) is 2.83. The summed E-state index contributed by atoms with van der Waals surface area (Å²) >= 11 is 0. The van der Waals surface area contributed by atoms with Gasteiger partial charge in [0.2, 0.25) is 0 Å². The van der Waals surface area contributed by atoms with Gasteiger partial charge in [0.1, 0.15) is 0 Å². The first-order valence-electron chi connectivity index (χ1n) is 10.4. The summed E-state index contributed by atoms with van der Waals surface area (Å²) in [5, 5.41) is 2.07. The molecule has 5 aromatic carbocycles. The number of benzene rings is 5.